The summed E-state index contributed by atoms with van der Waals surface area (Å²) in [6.07, 6.45) is 1.01. The Bertz CT molecular complexity index is 754. The molecular formula is C16H26N2O5S2. The lowest BCUT2D eigenvalue weighted by Gasteiger charge is -2.22. The molecule has 0 radical (unpaired) electrons. The lowest BCUT2D eigenvalue weighted by Crippen LogP contribution is -2.34. The van der Waals surface area contributed by atoms with E-state index >= 15 is 0 Å². The molecule has 7 nitrogen and oxygen atoms in total. The van der Waals surface area contributed by atoms with E-state index < -0.39 is 31.7 Å². The molecule has 2 atom stereocenters. The molecule has 0 spiro atoms. The van der Waals surface area contributed by atoms with E-state index in [1.165, 1.54) is 6.07 Å². The monoisotopic (exact) mass is 390 g/mol. The Morgan fingerprint density at radius 1 is 1.32 bits per heavy atom. The second-order valence-corrected chi connectivity index (χ2v) is 10.4. The van der Waals surface area contributed by atoms with Gasteiger partial charge < -0.3 is 4.74 Å². The summed E-state index contributed by atoms with van der Waals surface area (Å²) in [5, 5.41) is 0. The van der Waals surface area contributed by atoms with Crippen LogP contribution in [-0.4, -0.2) is 36.2 Å². The fourth-order valence-electron chi connectivity index (χ4n) is 1.90. The maximum absolute atomic E-state index is 12.2. The molecule has 9 heteroatoms. The van der Waals surface area contributed by atoms with E-state index in [4.69, 9.17) is 4.74 Å². The van der Waals surface area contributed by atoms with E-state index in [1.54, 1.807) is 19.1 Å². The van der Waals surface area contributed by atoms with Gasteiger partial charge in [0.15, 0.2) is 0 Å². The Kier molecular flexibility index (Phi) is 7.16. The van der Waals surface area contributed by atoms with Crippen LogP contribution in [0.15, 0.2) is 18.2 Å². The lowest BCUT2D eigenvalue weighted by atomic mass is 10.0. The van der Waals surface area contributed by atoms with Crippen molar-refractivity contribution in [1.29, 1.82) is 0 Å². The van der Waals surface area contributed by atoms with Crippen LogP contribution in [0.2, 0.25) is 0 Å². The molecule has 1 aromatic carbocycles. The van der Waals surface area contributed by atoms with E-state index in [9.17, 15) is 17.4 Å². The maximum atomic E-state index is 12.2. The number of esters is 1. The first kappa shape index (κ1) is 21.6. The van der Waals surface area contributed by atoms with E-state index in [0.717, 1.165) is 6.26 Å². The van der Waals surface area contributed by atoms with Gasteiger partial charge in [-0.15, -0.1) is 0 Å². The number of hydrogen-bond donors (Lipinski definition) is 2. The van der Waals surface area contributed by atoms with Crippen LogP contribution in [0.25, 0.3) is 0 Å². The van der Waals surface area contributed by atoms with Gasteiger partial charge in [0.2, 0.25) is 10.0 Å². The zero-order valence-corrected chi connectivity index (χ0v) is 17.0. The average molecular weight is 391 g/mol. The summed E-state index contributed by atoms with van der Waals surface area (Å²) in [5.41, 5.74) is 0.952. The number of benzene rings is 1. The SMILES string of the molecule is CCOC(=O)c1cc([C@@H](C)NS(=O)C(C)(C)C)ccc1NS(C)(=O)=O. The first-order valence-corrected chi connectivity index (χ1v) is 10.9. The summed E-state index contributed by atoms with van der Waals surface area (Å²) in [5.74, 6) is -0.625. The van der Waals surface area contributed by atoms with Crippen LogP contribution in [0, 0.1) is 0 Å². The number of rotatable bonds is 7. The molecule has 0 aromatic heterocycles. The van der Waals surface area contributed by atoms with Crippen LogP contribution in [0.3, 0.4) is 0 Å². The standard InChI is InChI=1S/C16H26N2O5S2/c1-7-23-15(19)13-10-12(8-9-14(13)18-25(6,21)22)11(2)17-24(20)16(3,4)5/h8-11,17-18H,7H2,1-6H3/t11-,24?/m1/s1. The van der Waals surface area contributed by atoms with Crippen LogP contribution in [-0.2, 0) is 25.7 Å². The molecule has 2 N–H and O–H groups in total. The van der Waals surface area contributed by atoms with Crippen molar-refractivity contribution in [3.8, 4) is 0 Å². The molecule has 1 rings (SSSR count). The van der Waals surface area contributed by atoms with Crippen LogP contribution in [0.1, 0.15) is 56.6 Å². The van der Waals surface area contributed by atoms with Gasteiger partial charge in [-0.25, -0.2) is 22.1 Å². The van der Waals surface area contributed by atoms with Crippen LogP contribution in [0.5, 0.6) is 0 Å². The first-order valence-electron chi connectivity index (χ1n) is 7.82. The zero-order valence-electron chi connectivity index (χ0n) is 15.4. The molecule has 142 valence electrons. The number of anilines is 1. The number of carbonyl (C=O) groups is 1. The molecule has 0 aliphatic rings. The number of hydrogen-bond acceptors (Lipinski definition) is 5. The zero-order chi connectivity index (χ0) is 19.4. The first-order chi connectivity index (χ1) is 11.3. The molecule has 0 aliphatic carbocycles. The largest absolute Gasteiger partial charge is 0.462 e. The Balaban J connectivity index is 3.20. The molecule has 0 aliphatic heterocycles. The predicted molar refractivity (Wildman–Crippen MR) is 100 cm³/mol. The summed E-state index contributed by atoms with van der Waals surface area (Å²) in [6.45, 7) is 9.22. The van der Waals surface area contributed by atoms with Crippen molar-refractivity contribution >= 4 is 32.7 Å². The fraction of sp³-hybridized carbons (Fsp3) is 0.562. The third-order valence-electron chi connectivity index (χ3n) is 3.17. The van der Waals surface area contributed by atoms with Crippen molar-refractivity contribution in [2.24, 2.45) is 0 Å². The number of ether oxygens (including phenoxy) is 1. The van der Waals surface area contributed by atoms with Crippen molar-refractivity contribution in [2.45, 2.75) is 45.4 Å². The summed E-state index contributed by atoms with van der Waals surface area (Å²) < 4.78 is 45.1. The molecule has 0 amide bonds. The Morgan fingerprint density at radius 2 is 1.92 bits per heavy atom. The number of sulfonamides is 1. The van der Waals surface area contributed by atoms with Gasteiger partial charge in [0.1, 0.15) is 0 Å². The Morgan fingerprint density at radius 3 is 2.40 bits per heavy atom. The van der Waals surface area contributed by atoms with Crippen molar-refractivity contribution in [3.63, 3.8) is 0 Å². The molecule has 0 bridgehead atoms. The smallest absolute Gasteiger partial charge is 0.340 e. The van der Waals surface area contributed by atoms with Gasteiger partial charge in [0, 0.05) is 6.04 Å². The second kappa shape index (κ2) is 8.29. The van der Waals surface area contributed by atoms with Gasteiger partial charge in [-0.05, 0) is 52.3 Å². The van der Waals surface area contributed by atoms with Crippen molar-refractivity contribution in [3.05, 3.63) is 29.3 Å². The highest BCUT2D eigenvalue weighted by Crippen LogP contribution is 2.24. The number of carbonyl (C=O) groups excluding carboxylic acids is 1. The topological polar surface area (TPSA) is 102 Å². The van der Waals surface area contributed by atoms with Gasteiger partial charge in [0.05, 0.1) is 39.8 Å². The molecule has 0 fully saturated rings. The van der Waals surface area contributed by atoms with E-state index in [-0.39, 0.29) is 23.9 Å². The second-order valence-electron chi connectivity index (χ2n) is 6.62. The van der Waals surface area contributed by atoms with Crippen LogP contribution in [0.4, 0.5) is 5.69 Å². The van der Waals surface area contributed by atoms with Gasteiger partial charge >= 0.3 is 5.97 Å². The quantitative estimate of drug-likeness (QED) is 0.696. The van der Waals surface area contributed by atoms with Crippen LogP contribution >= 0.6 is 0 Å². The highest BCUT2D eigenvalue weighted by Gasteiger charge is 2.23. The summed E-state index contributed by atoms with van der Waals surface area (Å²) in [7, 11) is -4.83. The highest BCUT2D eigenvalue weighted by molar-refractivity contribution is 7.92. The Hall–Kier alpha value is -1.45. The van der Waals surface area contributed by atoms with E-state index in [1.807, 2.05) is 27.7 Å². The minimum Gasteiger partial charge on any atom is -0.462 e. The molecular weight excluding hydrogens is 364 g/mol. The minimum absolute atomic E-state index is 0.111. The molecule has 0 saturated heterocycles. The maximum Gasteiger partial charge on any atom is 0.340 e. The molecule has 1 aromatic rings. The highest BCUT2D eigenvalue weighted by atomic mass is 32.2. The third-order valence-corrected chi connectivity index (χ3v) is 5.45. The van der Waals surface area contributed by atoms with E-state index in [0.29, 0.717) is 5.56 Å². The van der Waals surface area contributed by atoms with E-state index in [2.05, 4.69) is 9.44 Å². The third kappa shape index (κ3) is 6.75. The van der Waals surface area contributed by atoms with Crippen molar-refractivity contribution < 1.29 is 22.2 Å². The van der Waals surface area contributed by atoms with Crippen molar-refractivity contribution in [2.75, 3.05) is 17.6 Å². The average Bonchev–Trinajstić information content (AvgIpc) is 2.45. The normalized spacial score (nSPS) is 14.6. The summed E-state index contributed by atoms with van der Waals surface area (Å²) in [6, 6.07) is 4.41. The van der Waals surface area contributed by atoms with Crippen molar-refractivity contribution in [1.82, 2.24) is 4.72 Å². The summed E-state index contributed by atoms with van der Waals surface area (Å²) in [4.78, 5) is 12.2. The van der Waals surface area contributed by atoms with Crippen LogP contribution < -0.4 is 9.44 Å². The Labute approximate surface area is 152 Å². The molecule has 1 unspecified atom stereocenters. The predicted octanol–water partition coefficient (Wildman–Crippen LogP) is 2.35. The molecule has 25 heavy (non-hydrogen) atoms. The molecule has 0 heterocycles. The van der Waals surface area contributed by atoms with Gasteiger partial charge in [0.25, 0.3) is 0 Å². The lowest BCUT2D eigenvalue weighted by molar-refractivity contribution is 0.0527. The summed E-state index contributed by atoms with van der Waals surface area (Å²) >= 11 is 0. The molecule has 0 saturated carbocycles. The minimum atomic E-state index is -3.54. The number of nitrogens with one attached hydrogen (secondary N) is 2. The fourth-order valence-corrected chi connectivity index (χ4v) is 3.29. The van der Waals surface area contributed by atoms with Gasteiger partial charge in [-0.1, -0.05) is 6.07 Å². The van der Waals surface area contributed by atoms with Gasteiger partial charge in [-0.3, -0.25) is 4.72 Å². The van der Waals surface area contributed by atoms with Gasteiger partial charge in [-0.2, -0.15) is 0 Å².